The van der Waals surface area contributed by atoms with Gasteiger partial charge in [0.2, 0.25) is 0 Å². The third kappa shape index (κ3) is 4.81. The summed E-state index contributed by atoms with van der Waals surface area (Å²) in [7, 11) is 0. The molecule has 0 bridgehead atoms. The maximum atomic E-state index is 9.96. The summed E-state index contributed by atoms with van der Waals surface area (Å²) in [5, 5.41) is 13.4. The van der Waals surface area contributed by atoms with Crippen LogP contribution in [0.4, 0.5) is 0 Å². The number of rotatable bonds is 6. The summed E-state index contributed by atoms with van der Waals surface area (Å²) in [6, 6.07) is 0. The molecule has 2 aliphatic carbocycles. The first kappa shape index (κ1) is 13.1. The minimum absolute atomic E-state index is 0.128. The van der Waals surface area contributed by atoms with Crippen molar-refractivity contribution in [1.29, 1.82) is 0 Å². The van der Waals surface area contributed by atoms with Gasteiger partial charge in [0, 0.05) is 6.54 Å². The quantitative estimate of drug-likeness (QED) is 0.696. The van der Waals surface area contributed by atoms with Crippen LogP contribution in [0.2, 0.25) is 0 Å². The summed E-state index contributed by atoms with van der Waals surface area (Å²) in [6.45, 7) is 1.86. The molecule has 0 aliphatic heterocycles. The van der Waals surface area contributed by atoms with Gasteiger partial charge in [0.05, 0.1) is 6.10 Å². The molecule has 98 valence electrons. The average Bonchev–Trinajstić information content (AvgIpc) is 2.83. The van der Waals surface area contributed by atoms with Gasteiger partial charge in [-0.2, -0.15) is 0 Å². The lowest BCUT2D eigenvalue weighted by molar-refractivity contribution is 0.139. The monoisotopic (exact) mass is 237 g/mol. The van der Waals surface area contributed by atoms with Crippen molar-refractivity contribution >= 4 is 0 Å². The second kappa shape index (κ2) is 7.17. The highest BCUT2D eigenvalue weighted by atomic mass is 16.3. The van der Waals surface area contributed by atoms with Crippen LogP contribution in [0.1, 0.15) is 51.4 Å². The zero-order valence-electron chi connectivity index (χ0n) is 10.9. The van der Waals surface area contributed by atoms with Gasteiger partial charge in [0.15, 0.2) is 0 Å². The van der Waals surface area contributed by atoms with E-state index in [1.165, 1.54) is 44.9 Å². The van der Waals surface area contributed by atoms with E-state index in [9.17, 15) is 5.11 Å². The van der Waals surface area contributed by atoms with E-state index in [2.05, 4.69) is 17.5 Å². The highest BCUT2D eigenvalue weighted by Gasteiger charge is 2.18. The average molecular weight is 237 g/mol. The standard InChI is InChI=1S/C15H27NO/c17-15(10-13-6-4-5-7-13)12-16-11-14-8-2-1-3-9-14/h1-2,13-17H,3-12H2. The molecule has 0 aromatic heterocycles. The smallest absolute Gasteiger partial charge is 0.0667 e. The van der Waals surface area contributed by atoms with Crippen molar-refractivity contribution in [3.05, 3.63) is 12.2 Å². The van der Waals surface area contributed by atoms with Crippen molar-refractivity contribution in [1.82, 2.24) is 5.32 Å². The zero-order valence-corrected chi connectivity index (χ0v) is 10.9. The SMILES string of the molecule is OC(CNCC1CC=CCC1)CC1CCCC1. The summed E-state index contributed by atoms with van der Waals surface area (Å²) in [5.74, 6) is 1.59. The molecule has 2 aliphatic rings. The first-order chi connectivity index (χ1) is 8.34. The molecule has 0 radical (unpaired) electrons. The molecule has 2 rings (SSSR count). The second-order valence-corrected chi connectivity index (χ2v) is 5.85. The van der Waals surface area contributed by atoms with E-state index >= 15 is 0 Å². The lowest BCUT2D eigenvalue weighted by Gasteiger charge is -2.20. The third-order valence-electron chi connectivity index (χ3n) is 4.27. The van der Waals surface area contributed by atoms with Crippen LogP contribution in [0.25, 0.3) is 0 Å². The van der Waals surface area contributed by atoms with Gasteiger partial charge >= 0.3 is 0 Å². The number of nitrogens with one attached hydrogen (secondary N) is 1. The van der Waals surface area contributed by atoms with Crippen molar-refractivity contribution in [2.24, 2.45) is 11.8 Å². The summed E-state index contributed by atoms with van der Waals surface area (Å²) < 4.78 is 0. The maximum Gasteiger partial charge on any atom is 0.0667 e. The molecular formula is C15H27NO. The number of hydrogen-bond donors (Lipinski definition) is 2. The van der Waals surface area contributed by atoms with E-state index in [1.54, 1.807) is 0 Å². The molecule has 17 heavy (non-hydrogen) atoms. The van der Waals surface area contributed by atoms with Crippen LogP contribution in [0.5, 0.6) is 0 Å². The molecule has 0 saturated heterocycles. The van der Waals surface area contributed by atoms with Crippen LogP contribution in [0, 0.1) is 11.8 Å². The lowest BCUT2D eigenvalue weighted by Crippen LogP contribution is -2.32. The van der Waals surface area contributed by atoms with Crippen molar-refractivity contribution in [2.45, 2.75) is 57.5 Å². The second-order valence-electron chi connectivity index (χ2n) is 5.85. The van der Waals surface area contributed by atoms with Crippen molar-refractivity contribution in [2.75, 3.05) is 13.1 Å². The fraction of sp³-hybridized carbons (Fsp3) is 0.867. The number of aliphatic hydroxyl groups is 1. The van der Waals surface area contributed by atoms with E-state index in [0.717, 1.165) is 31.3 Å². The van der Waals surface area contributed by atoms with Crippen LogP contribution < -0.4 is 5.32 Å². The predicted octanol–water partition coefficient (Wildman–Crippen LogP) is 2.87. The van der Waals surface area contributed by atoms with Crippen LogP contribution in [0.15, 0.2) is 12.2 Å². The van der Waals surface area contributed by atoms with Crippen LogP contribution in [-0.2, 0) is 0 Å². The van der Waals surface area contributed by atoms with E-state index in [0.29, 0.717) is 0 Å². The highest BCUT2D eigenvalue weighted by molar-refractivity contribution is 4.90. The van der Waals surface area contributed by atoms with Gasteiger partial charge in [-0.15, -0.1) is 0 Å². The highest BCUT2D eigenvalue weighted by Crippen LogP contribution is 2.28. The molecule has 2 nitrogen and oxygen atoms in total. The summed E-state index contributed by atoms with van der Waals surface area (Å²) in [4.78, 5) is 0. The molecular weight excluding hydrogens is 210 g/mol. The molecule has 2 heteroatoms. The fourth-order valence-electron chi connectivity index (χ4n) is 3.21. The molecule has 2 atom stereocenters. The minimum Gasteiger partial charge on any atom is -0.392 e. The Hall–Kier alpha value is -0.340. The molecule has 2 unspecified atom stereocenters. The zero-order chi connectivity index (χ0) is 11.9. The van der Waals surface area contributed by atoms with E-state index < -0.39 is 0 Å². The van der Waals surface area contributed by atoms with Gasteiger partial charge in [-0.25, -0.2) is 0 Å². The molecule has 2 N–H and O–H groups in total. The Morgan fingerprint density at radius 1 is 1.12 bits per heavy atom. The van der Waals surface area contributed by atoms with Gasteiger partial charge in [0.25, 0.3) is 0 Å². The molecule has 0 heterocycles. The summed E-state index contributed by atoms with van der Waals surface area (Å²) in [5.41, 5.74) is 0. The van der Waals surface area contributed by atoms with Crippen molar-refractivity contribution < 1.29 is 5.11 Å². The van der Waals surface area contributed by atoms with Crippen LogP contribution >= 0.6 is 0 Å². The Morgan fingerprint density at radius 3 is 2.65 bits per heavy atom. The van der Waals surface area contributed by atoms with Gasteiger partial charge < -0.3 is 10.4 Å². The molecule has 0 spiro atoms. The lowest BCUT2D eigenvalue weighted by atomic mass is 9.94. The predicted molar refractivity (Wildman–Crippen MR) is 71.9 cm³/mol. The molecule has 0 amide bonds. The van der Waals surface area contributed by atoms with Crippen molar-refractivity contribution in [3.63, 3.8) is 0 Å². The van der Waals surface area contributed by atoms with Gasteiger partial charge in [0.1, 0.15) is 0 Å². The molecule has 1 saturated carbocycles. The van der Waals surface area contributed by atoms with Gasteiger partial charge in [-0.1, -0.05) is 37.8 Å². The van der Waals surface area contributed by atoms with E-state index in [-0.39, 0.29) is 6.10 Å². The Balaban J connectivity index is 1.53. The first-order valence-electron chi connectivity index (χ1n) is 7.38. The first-order valence-corrected chi connectivity index (χ1v) is 7.38. The number of aliphatic hydroxyl groups excluding tert-OH is 1. The van der Waals surface area contributed by atoms with Crippen LogP contribution in [-0.4, -0.2) is 24.3 Å². The Labute approximate surface area is 105 Å². The number of allylic oxidation sites excluding steroid dienone is 2. The van der Waals surface area contributed by atoms with Crippen LogP contribution in [0.3, 0.4) is 0 Å². The summed E-state index contributed by atoms with van der Waals surface area (Å²) in [6.07, 6.45) is 14.6. The maximum absolute atomic E-state index is 9.96. The fourth-order valence-corrected chi connectivity index (χ4v) is 3.21. The minimum atomic E-state index is -0.128. The Morgan fingerprint density at radius 2 is 1.94 bits per heavy atom. The van der Waals surface area contributed by atoms with Gasteiger partial charge in [-0.3, -0.25) is 0 Å². The normalized spacial score (nSPS) is 27.5. The molecule has 0 aromatic rings. The van der Waals surface area contributed by atoms with E-state index in [1.807, 2.05) is 0 Å². The Kier molecular flexibility index (Phi) is 5.53. The summed E-state index contributed by atoms with van der Waals surface area (Å²) >= 11 is 0. The van der Waals surface area contributed by atoms with Gasteiger partial charge in [-0.05, 0) is 44.1 Å². The molecule has 0 aromatic carbocycles. The largest absolute Gasteiger partial charge is 0.392 e. The van der Waals surface area contributed by atoms with Crippen molar-refractivity contribution in [3.8, 4) is 0 Å². The topological polar surface area (TPSA) is 32.3 Å². The van der Waals surface area contributed by atoms with E-state index in [4.69, 9.17) is 0 Å². The number of hydrogen-bond acceptors (Lipinski definition) is 2. The molecule has 1 fully saturated rings. The Bertz CT molecular complexity index is 233. The third-order valence-corrected chi connectivity index (χ3v) is 4.27.